The van der Waals surface area contributed by atoms with Gasteiger partial charge in [-0.1, -0.05) is 19.1 Å². The zero-order chi connectivity index (χ0) is 13.5. The van der Waals surface area contributed by atoms with Crippen molar-refractivity contribution in [1.29, 1.82) is 0 Å². The van der Waals surface area contributed by atoms with Gasteiger partial charge in [0.05, 0.1) is 25.0 Å². The van der Waals surface area contributed by atoms with E-state index in [1.807, 2.05) is 18.2 Å². The predicted octanol–water partition coefficient (Wildman–Crippen LogP) is 2.57. The third kappa shape index (κ3) is 3.51. The highest BCUT2D eigenvalue weighted by atomic mass is 16.5. The SMILES string of the molecule is CCCNC(c1cccc(OC)c1)c1cnccn1. The topological polar surface area (TPSA) is 47.0 Å². The molecule has 1 unspecified atom stereocenters. The van der Waals surface area contributed by atoms with E-state index in [1.165, 1.54) is 0 Å². The molecule has 0 saturated carbocycles. The Kier molecular flexibility index (Phi) is 4.86. The van der Waals surface area contributed by atoms with Crippen LogP contribution in [0, 0.1) is 0 Å². The highest BCUT2D eigenvalue weighted by Gasteiger charge is 2.15. The van der Waals surface area contributed by atoms with E-state index in [-0.39, 0.29) is 6.04 Å². The van der Waals surface area contributed by atoms with Gasteiger partial charge in [0.25, 0.3) is 0 Å². The summed E-state index contributed by atoms with van der Waals surface area (Å²) in [6, 6.07) is 8.08. The van der Waals surface area contributed by atoms with E-state index in [4.69, 9.17) is 4.74 Å². The molecule has 0 aliphatic heterocycles. The van der Waals surface area contributed by atoms with E-state index in [1.54, 1.807) is 25.7 Å². The standard InChI is InChI=1S/C15H19N3O/c1-3-7-18-15(14-11-16-8-9-17-14)12-5-4-6-13(10-12)19-2/h4-6,8-11,15,18H,3,7H2,1-2H3. The van der Waals surface area contributed by atoms with Crippen LogP contribution in [-0.2, 0) is 0 Å². The number of nitrogens with one attached hydrogen (secondary N) is 1. The van der Waals surface area contributed by atoms with E-state index in [0.717, 1.165) is 30.0 Å². The summed E-state index contributed by atoms with van der Waals surface area (Å²) < 4.78 is 5.28. The summed E-state index contributed by atoms with van der Waals surface area (Å²) in [5, 5.41) is 3.50. The zero-order valence-electron chi connectivity index (χ0n) is 11.3. The van der Waals surface area contributed by atoms with Gasteiger partial charge in [-0.2, -0.15) is 0 Å². The molecule has 2 rings (SSSR count). The molecule has 0 radical (unpaired) electrons. The van der Waals surface area contributed by atoms with Crippen LogP contribution in [0.5, 0.6) is 5.75 Å². The molecule has 0 amide bonds. The maximum Gasteiger partial charge on any atom is 0.119 e. The van der Waals surface area contributed by atoms with Crippen LogP contribution in [0.15, 0.2) is 42.9 Å². The molecule has 1 aromatic carbocycles. The summed E-state index contributed by atoms with van der Waals surface area (Å²) in [5.41, 5.74) is 2.05. The highest BCUT2D eigenvalue weighted by Crippen LogP contribution is 2.23. The molecule has 100 valence electrons. The molecule has 0 spiro atoms. The first-order valence-corrected chi connectivity index (χ1v) is 6.48. The number of benzene rings is 1. The van der Waals surface area contributed by atoms with E-state index >= 15 is 0 Å². The third-order valence-corrected chi connectivity index (χ3v) is 2.90. The smallest absolute Gasteiger partial charge is 0.119 e. The number of hydrogen-bond acceptors (Lipinski definition) is 4. The highest BCUT2D eigenvalue weighted by molar-refractivity contribution is 5.34. The van der Waals surface area contributed by atoms with E-state index < -0.39 is 0 Å². The van der Waals surface area contributed by atoms with Crippen LogP contribution < -0.4 is 10.1 Å². The van der Waals surface area contributed by atoms with Crippen LogP contribution in [-0.4, -0.2) is 23.6 Å². The number of nitrogens with zero attached hydrogens (tertiary/aromatic N) is 2. The second-order valence-corrected chi connectivity index (χ2v) is 4.29. The molecule has 0 fully saturated rings. The van der Waals surface area contributed by atoms with Gasteiger partial charge in [0.2, 0.25) is 0 Å². The molecule has 19 heavy (non-hydrogen) atoms. The molecule has 0 saturated heterocycles. The molecular formula is C15H19N3O. The van der Waals surface area contributed by atoms with Gasteiger partial charge in [-0.25, -0.2) is 0 Å². The van der Waals surface area contributed by atoms with Crippen LogP contribution >= 0.6 is 0 Å². The fraction of sp³-hybridized carbons (Fsp3) is 0.333. The third-order valence-electron chi connectivity index (χ3n) is 2.90. The van der Waals surface area contributed by atoms with Crippen molar-refractivity contribution < 1.29 is 4.74 Å². The van der Waals surface area contributed by atoms with E-state index in [2.05, 4.69) is 28.3 Å². The number of ether oxygens (including phenoxy) is 1. The average molecular weight is 257 g/mol. The van der Waals surface area contributed by atoms with Gasteiger partial charge in [-0.05, 0) is 30.7 Å². The van der Waals surface area contributed by atoms with Crippen molar-refractivity contribution in [2.24, 2.45) is 0 Å². The fourth-order valence-electron chi connectivity index (χ4n) is 1.96. The maximum atomic E-state index is 5.28. The molecule has 2 aromatic rings. The first kappa shape index (κ1) is 13.5. The van der Waals surface area contributed by atoms with E-state index in [9.17, 15) is 0 Å². The number of rotatable bonds is 6. The van der Waals surface area contributed by atoms with Gasteiger partial charge in [0, 0.05) is 12.4 Å². The molecule has 0 bridgehead atoms. The molecular weight excluding hydrogens is 238 g/mol. The minimum atomic E-state index is 0.0451. The summed E-state index contributed by atoms with van der Waals surface area (Å²) in [5.74, 6) is 0.852. The molecule has 0 aliphatic carbocycles. The summed E-state index contributed by atoms with van der Waals surface area (Å²) >= 11 is 0. The van der Waals surface area contributed by atoms with Crippen LogP contribution in [0.1, 0.15) is 30.6 Å². The lowest BCUT2D eigenvalue weighted by Gasteiger charge is -2.18. The van der Waals surface area contributed by atoms with Crippen molar-refractivity contribution in [2.45, 2.75) is 19.4 Å². The van der Waals surface area contributed by atoms with Gasteiger partial charge in [0.15, 0.2) is 0 Å². The lowest BCUT2D eigenvalue weighted by molar-refractivity contribution is 0.413. The van der Waals surface area contributed by atoms with Crippen LogP contribution in [0.4, 0.5) is 0 Å². The van der Waals surface area contributed by atoms with Gasteiger partial charge in [0.1, 0.15) is 5.75 Å². The summed E-state index contributed by atoms with van der Waals surface area (Å²) in [6.45, 7) is 3.07. The van der Waals surface area contributed by atoms with Crippen molar-refractivity contribution in [1.82, 2.24) is 15.3 Å². The predicted molar refractivity (Wildman–Crippen MR) is 75.2 cm³/mol. The number of hydrogen-bond donors (Lipinski definition) is 1. The Balaban J connectivity index is 2.31. The summed E-state index contributed by atoms with van der Waals surface area (Å²) in [7, 11) is 1.68. The summed E-state index contributed by atoms with van der Waals surface area (Å²) in [4.78, 5) is 8.55. The Labute approximate surface area is 113 Å². The average Bonchev–Trinajstić information content (AvgIpc) is 2.49. The van der Waals surface area contributed by atoms with Gasteiger partial charge >= 0.3 is 0 Å². The lowest BCUT2D eigenvalue weighted by atomic mass is 10.0. The van der Waals surface area contributed by atoms with Crippen LogP contribution in [0.3, 0.4) is 0 Å². The number of aromatic nitrogens is 2. The van der Waals surface area contributed by atoms with Crippen molar-refractivity contribution in [2.75, 3.05) is 13.7 Å². The maximum absolute atomic E-state index is 5.28. The van der Waals surface area contributed by atoms with Gasteiger partial charge in [-0.15, -0.1) is 0 Å². The molecule has 1 heterocycles. The Morgan fingerprint density at radius 1 is 1.32 bits per heavy atom. The van der Waals surface area contributed by atoms with Gasteiger partial charge < -0.3 is 10.1 Å². The minimum absolute atomic E-state index is 0.0451. The molecule has 4 nitrogen and oxygen atoms in total. The first-order valence-electron chi connectivity index (χ1n) is 6.48. The quantitative estimate of drug-likeness (QED) is 0.864. The van der Waals surface area contributed by atoms with Crippen molar-refractivity contribution in [3.8, 4) is 5.75 Å². The molecule has 0 aliphatic rings. The minimum Gasteiger partial charge on any atom is -0.497 e. The van der Waals surface area contributed by atoms with E-state index in [0.29, 0.717) is 0 Å². The largest absolute Gasteiger partial charge is 0.497 e. The van der Waals surface area contributed by atoms with Crippen LogP contribution in [0.2, 0.25) is 0 Å². The van der Waals surface area contributed by atoms with Crippen molar-refractivity contribution in [3.63, 3.8) is 0 Å². The molecule has 1 aromatic heterocycles. The van der Waals surface area contributed by atoms with Crippen molar-refractivity contribution >= 4 is 0 Å². The van der Waals surface area contributed by atoms with Crippen LogP contribution in [0.25, 0.3) is 0 Å². The Hall–Kier alpha value is -1.94. The Bertz CT molecular complexity index is 502. The Morgan fingerprint density at radius 3 is 2.89 bits per heavy atom. The second kappa shape index (κ2) is 6.85. The summed E-state index contributed by atoms with van der Waals surface area (Å²) in [6.07, 6.45) is 6.27. The lowest BCUT2D eigenvalue weighted by Crippen LogP contribution is -2.24. The Morgan fingerprint density at radius 2 is 2.21 bits per heavy atom. The monoisotopic (exact) mass is 257 g/mol. The normalized spacial score (nSPS) is 12.1. The van der Waals surface area contributed by atoms with Crippen molar-refractivity contribution in [3.05, 3.63) is 54.1 Å². The molecule has 1 N–H and O–H groups in total. The first-order chi connectivity index (χ1) is 9.35. The fourth-order valence-corrected chi connectivity index (χ4v) is 1.96. The molecule has 4 heteroatoms. The number of methoxy groups -OCH3 is 1. The zero-order valence-corrected chi connectivity index (χ0v) is 11.3. The second-order valence-electron chi connectivity index (χ2n) is 4.29. The van der Waals surface area contributed by atoms with Gasteiger partial charge in [-0.3, -0.25) is 9.97 Å². The molecule has 1 atom stereocenters.